The number of hydrogen-bond acceptors (Lipinski definition) is 3. The van der Waals surface area contributed by atoms with Crippen LogP contribution < -0.4 is 10.6 Å². The van der Waals surface area contributed by atoms with Crippen molar-refractivity contribution in [1.29, 1.82) is 5.26 Å². The summed E-state index contributed by atoms with van der Waals surface area (Å²) in [7, 11) is 1.95. The molecule has 0 atom stereocenters. The lowest BCUT2D eigenvalue weighted by Gasteiger charge is -2.21. The van der Waals surface area contributed by atoms with E-state index < -0.39 is 0 Å². The lowest BCUT2D eigenvalue weighted by molar-refractivity contribution is 0.924. The minimum absolute atomic E-state index is 0.561. The van der Waals surface area contributed by atoms with E-state index in [0.29, 0.717) is 17.1 Å². The Morgan fingerprint density at radius 2 is 2.05 bits per heavy atom. The van der Waals surface area contributed by atoms with E-state index in [1.54, 1.807) is 12.1 Å². The third-order valence-corrected chi connectivity index (χ3v) is 3.16. The number of nitrogen functional groups attached to an aromatic ring is 1. The second-order valence-corrected chi connectivity index (χ2v) is 4.79. The molecule has 4 heteroatoms. The van der Waals surface area contributed by atoms with Crippen LogP contribution in [0.2, 0.25) is 5.02 Å². The minimum atomic E-state index is 0.561. The summed E-state index contributed by atoms with van der Waals surface area (Å²) in [5.41, 5.74) is 9.07. The van der Waals surface area contributed by atoms with Gasteiger partial charge in [0.05, 0.1) is 22.3 Å². The van der Waals surface area contributed by atoms with Crippen molar-refractivity contribution in [3.05, 3.63) is 58.6 Å². The van der Waals surface area contributed by atoms with E-state index in [9.17, 15) is 0 Å². The number of rotatable bonds is 3. The van der Waals surface area contributed by atoms with Gasteiger partial charge in [0.2, 0.25) is 0 Å². The van der Waals surface area contributed by atoms with Crippen LogP contribution in [0.15, 0.2) is 42.5 Å². The molecule has 0 aliphatic heterocycles. The molecular weight excluding hydrogens is 258 g/mol. The predicted molar refractivity (Wildman–Crippen MR) is 79.1 cm³/mol. The predicted octanol–water partition coefficient (Wildman–Crippen LogP) is 3.43. The van der Waals surface area contributed by atoms with E-state index in [0.717, 1.165) is 16.9 Å². The SMILES string of the molecule is CN(Cc1cccc(N)c1)c1ccc(C#N)cc1Cl. The maximum absolute atomic E-state index is 8.82. The van der Waals surface area contributed by atoms with Gasteiger partial charge in [-0.25, -0.2) is 0 Å². The van der Waals surface area contributed by atoms with Gasteiger partial charge in [0.1, 0.15) is 0 Å². The lowest BCUT2D eigenvalue weighted by Crippen LogP contribution is -2.16. The summed E-state index contributed by atoms with van der Waals surface area (Å²) in [4.78, 5) is 2.03. The fourth-order valence-electron chi connectivity index (χ4n) is 1.94. The molecule has 0 saturated heterocycles. The normalized spacial score (nSPS) is 9.95. The summed E-state index contributed by atoms with van der Waals surface area (Å²) in [5.74, 6) is 0. The van der Waals surface area contributed by atoms with E-state index >= 15 is 0 Å². The molecule has 0 unspecified atom stereocenters. The molecule has 0 spiro atoms. The molecule has 0 aromatic heterocycles. The molecule has 0 bridgehead atoms. The second-order valence-electron chi connectivity index (χ2n) is 4.38. The van der Waals surface area contributed by atoms with Gasteiger partial charge >= 0.3 is 0 Å². The Balaban J connectivity index is 2.21. The maximum Gasteiger partial charge on any atom is 0.0992 e. The standard InChI is InChI=1S/C15H14ClN3/c1-19(10-12-3-2-4-13(18)7-12)15-6-5-11(9-17)8-14(15)16/h2-8H,10,18H2,1H3. The maximum atomic E-state index is 8.82. The van der Waals surface area contributed by atoms with Crippen LogP contribution >= 0.6 is 11.6 Å². The summed E-state index contributed by atoms with van der Waals surface area (Å²) in [6.45, 7) is 0.705. The molecule has 2 aromatic carbocycles. The molecule has 0 aliphatic carbocycles. The van der Waals surface area contributed by atoms with Crippen molar-refractivity contribution in [2.75, 3.05) is 17.7 Å². The van der Waals surface area contributed by atoms with Crippen LogP contribution in [0.1, 0.15) is 11.1 Å². The van der Waals surface area contributed by atoms with Crippen LogP contribution in [0.4, 0.5) is 11.4 Å². The van der Waals surface area contributed by atoms with Gasteiger partial charge < -0.3 is 10.6 Å². The molecular formula is C15H14ClN3. The molecule has 0 radical (unpaired) electrons. The van der Waals surface area contributed by atoms with Gasteiger partial charge in [0, 0.05) is 19.3 Å². The first-order valence-electron chi connectivity index (χ1n) is 5.85. The van der Waals surface area contributed by atoms with Gasteiger partial charge in [0.15, 0.2) is 0 Å². The highest BCUT2D eigenvalue weighted by atomic mass is 35.5. The van der Waals surface area contributed by atoms with Crippen molar-refractivity contribution in [1.82, 2.24) is 0 Å². The van der Waals surface area contributed by atoms with Crippen molar-refractivity contribution in [2.24, 2.45) is 0 Å². The first-order chi connectivity index (χ1) is 9.10. The van der Waals surface area contributed by atoms with Crippen LogP contribution in [0.3, 0.4) is 0 Å². The Kier molecular flexibility index (Phi) is 3.94. The molecule has 3 nitrogen and oxygen atoms in total. The summed E-state index contributed by atoms with van der Waals surface area (Å²) < 4.78 is 0. The van der Waals surface area contributed by atoms with E-state index in [-0.39, 0.29) is 0 Å². The van der Waals surface area contributed by atoms with E-state index in [4.69, 9.17) is 22.6 Å². The highest BCUT2D eigenvalue weighted by Gasteiger charge is 2.07. The quantitative estimate of drug-likeness (QED) is 0.870. The average molecular weight is 272 g/mol. The van der Waals surface area contributed by atoms with Gasteiger partial charge in [-0.3, -0.25) is 0 Å². The number of hydrogen-bond donors (Lipinski definition) is 1. The number of nitrogens with two attached hydrogens (primary N) is 1. The molecule has 0 fully saturated rings. The zero-order valence-electron chi connectivity index (χ0n) is 10.6. The first-order valence-corrected chi connectivity index (χ1v) is 6.23. The fraction of sp³-hybridized carbons (Fsp3) is 0.133. The van der Waals surface area contributed by atoms with Gasteiger partial charge in [-0.1, -0.05) is 23.7 Å². The van der Waals surface area contributed by atoms with E-state index in [1.807, 2.05) is 42.3 Å². The smallest absolute Gasteiger partial charge is 0.0992 e. The van der Waals surface area contributed by atoms with E-state index in [1.165, 1.54) is 0 Å². The average Bonchev–Trinajstić information content (AvgIpc) is 2.38. The van der Waals surface area contributed by atoms with Gasteiger partial charge in [-0.2, -0.15) is 5.26 Å². The van der Waals surface area contributed by atoms with Crippen molar-refractivity contribution in [3.8, 4) is 6.07 Å². The number of anilines is 2. The summed E-state index contributed by atoms with van der Waals surface area (Å²) in [5, 5.41) is 9.40. The van der Waals surface area contributed by atoms with Crippen LogP contribution in [0, 0.1) is 11.3 Å². The monoisotopic (exact) mass is 271 g/mol. The Hall–Kier alpha value is -2.18. The highest BCUT2D eigenvalue weighted by molar-refractivity contribution is 6.33. The van der Waals surface area contributed by atoms with Crippen LogP contribution in [-0.2, 0) is 6.54 Å². The molecule has 19 heavy (non-hydrogen) atoms. The Labute approximate surface area is 117 Å². The van der Waals surface area contributed by atoms with E-state index in [2.05, 4.69) is 6.07 Å². The van der Waals surface area contributed by atoms with Gasteiger partial charge in [0.25, 0.3) is 0 Å². The van der Waals surface area contributed by atoms with Gasteiger partial charge in [-0.05, 0) is 35.9 Å². The van der Waals surface area contributed by atoms with Crippen molar-refractivity contribution < 1.29 is 0 Å². The van der Waals surface area contributed by atoms with Crippen LogP contribution in [-0.4, -0.2) is 7.05 Å². The number of nitriles is 1. The third-order valence-electron chi connectivity index (χ3n) is 2.86. The molecule has 0 amide bonds. The lowest BCUT2D eigenvalue weighted by atomic mass is 10.1. The zero-order chi connectivity index (χ0) is 13.8. The number of nitrogens with zero attached hydrogens (tertiary/aromatic N) is 2. The van der Waals surface area contributed by atoms with Crippen molar-refractivity contribution >= 4 is 23.0 Å². The van der Waals surface area contributed by atoms with Crippen LogP contribution in [0.25, 0.3) is 0 Å². The fourth-order valence-corrected chi connectivity index (χ4v) is 2.26. The molecule has 0 saturated carbocycles. The highest BCUT2D eigenvalue weighted by Crippen LogP contribution is 2.27. The Morgan fingerprint density at radius 3 is 2.68 bits per heavy atom. The summed E-state index contributed by atoms with van der Waals surface area (Å²) in [6.07, 6.45) is 0. The summed E-state index contributed by atoms with van der Waals surface area (Å²) >= 11 is 6.18. The third kappa shape index (κ3) is 3.18. The number of benzene rings is 2. The molecule has 0 heterocycles. The molecule has 96 valence electrons. The molecule has 2 aromatic rings. The molecule has 2 N–H and O–H groups in total. The van der Waals surface area contributed by atoms with Crippen molar-refractivity contribution in [3.63, 3.8) is 0 Å². The number of halogens is 1. The topological polar surface area (TPSA) is 53.0 Å². The van der Waals surface area contributed by atoms with Crippen molar-refractivity contribution in [2.45, 2.75) is 6.54 Å². The minimum Gasteiger partial charge on any atom is -0.399 e. The first kappa shape index (κ1) is 13.3. The second kappa shape index (κ2) is 5.64. The zero-order valence-corrected chi connectivity index (χ0v) is 11.4. The summed E-state index contributed by atoms with van der Waals surface area (Å²) in [6, 6.07) is 15.1. The molecule has 2 rings (SSSR count). The molecule has 0 aliphatic rings. The Morgan fingerprint density at radius 1 is 1.26 bits per heavy atom. The largest absolute Gasteiger partial charge is 0.399 e. The Bertz CT molecular complexity index is 632. The van der Waals surface area contributed by atoms with Crippen LogP contribution in [0.5, 0.6) is 0 Å². The van der Waals surface area contributed by atoms with Gasteiger partial charge in [-0.15, -0.1) is 0 Å².